The van der Waals surface area contributed by atoms with Gasteiger partial charge in [0, 0.05) is 12.2 Å². The molecule has 0 aliphatic carbocycles. The van der Waals surface area contributed by atoms with E-state index in [-0.39, 0.29) is 19.1 Å². The third kappa shape index (κ3) is 5.27. The molecule has 1 fully saturated rings. The monoisotopic (exact) mass is 318 g/mol. The first kappa shape index (κ1) is 16.2. The summed E-state index contributed by atoms with van der Waals surface area (Å²) in [6.07, 6.45) is 1.79. The van der Waals surface area contributed by atoms with Crippen molar-refractivity contribution in [3.63, 3.8) is 0 Å². The number of ether oxygens (including phenoxy) is 2. The third-order valence-corrected chi connectivity index (χ3v) is 2.78. The third-order valence-electron chi connectivity index (χ3n) is 2.78. The van der Waals surface area contributed by atoms with E-state index in [0.29, 0.717) is 5.75 Å². The molecule has 2 amide bonds. The number of amides is 2. The molecule has 1 aromatic rings. The molecule has 1 saturated heterocycles. The van der Waals surface area contributed by atoms with Crippen molar-refractivity contribution in [2.45, 2.75) is 6.04 Å². The van der Waals surface area contributed by atoms with Gasteiger partial charge in [0.1, 0.15) is 18.4 Å². The number of esters is 2. The molecule has 23 heavy (non-hydrogen) atoms. The Morgan fingerprint density at radius 3 is 2.57 bits per heavy atom. The van der Waals surface area contributed by atoms with Gasteiger partial charge in [0.25, 0.3) is 0 Å². The van der Waals surface area contributed by atoms with Gasteiger partial charge in [-0.3, -0.25) is 9.59 Å². The second-order valence-corrected chi connectivity index (χ2v) is 4.54. The van der Waals surface area contributed by atoms with Gasteiger partial charge < -0.3 is 20.1 Å². The largest absolute Gasteiger partial charge is 0.460 e. The molecule has 120 valence electrons. The molecule has 2 N–H and O–H groups in total. The molecule has 8 heteroatoms. The fourth-order valence-electron chi connectivity index (χ4n) is 1.71. The van der Waals surface area contributed by atoms with Crippen LogP contribution in [0.25, 0.3) is 0 Å². The molecule has 0 unspecified atom stereocenters. The zero-order chi connectivity index (χ0) is 16.7. The Hall–Kier alpha value is -3.16. The molecule has 0 radical (unpaired) electrons. The lowest BCUT2D eigenvalue weighted by Gasteiger charge is -2.22. The lowest BCUT2D eigenvalue weighted by Crippen LogP contribution is -2.58. The van der Waals surface area contributed by atoms with Crippen molar-refractivity contribution in [2.75, 3.05) is 13.2 Å². The van der Waals surface area contributed by atoms with Crippen molar-refractivity contribution < 1.29 is 28.7 Å². The number of nitrogens with one attached hydrogen (secondary N) is 2. The van der Waals surface area contributed by atoms with Gasteiger partial charge in [0.05, 0.1) is 6.54 Å². The average Bonchev–Trinajstić information content (AvgIpc) is 2.54. The van der Waals surface area contributed by atoms with Gasteiger partial charge in [0.2, 0.25) is 11.8 Å². The minimum atomic E-state index is -0.940. The van der Waals surface area contributed by atoms with Crippen LogP contribution in [-0.2, 0) is 23.9 Å². The molecule has 1 heterocycles. The molecule has 2 rings (SSSR count). The van der Waals surface area contributed by atoms with E-state index in [4.69, 9.17) is 9.47 Å². The van der Waals surface area contributed by atoms with Crippen LogP contribution in [0.2, 0.25) is 0 Å². The summed E-state index contributed by atoms with van der Waals surface area (Å²) < 4.78 is 9.73. The zero-order valence-corrected chi connectivity index (χ0v) is 12.0. The Morgan fingerprint density at radius 1 is 1.13 bits per heavy atom. The summed E-state index contributed by atoms with van der Waals surface area (Å²) in [5.41, 5.74) is 0. The fraction of sp³-hybridized carbons (Fsp3) is 0.200. The Labute approximate surface area is 131 Å². The zero-order valence-electron chi connectivity index (χ0n) is 12.0. The molecular weight excluding hydrogens is 304 g/mol. The Kier molecular flexibility index (Phi) is 5.45. The summed E-state index contributed by atoms with van der Waals surface area (Å²) >= 11 is 0. The Balaban J connectivity index is 1.76. The number of hydrogen-bond acceptors (Lipinski definition) is 6. The predicted molar refractivity (Wildman–Crippen MR) is 77.1 cm³/mol. The maximum atomic E-state index is 11.5. The molecule has 0 bridgehead atoms. The molecule has 8 nitrogen and oxygen atoms in total. The number of para-hydroxylation sites is 1. The van der Waals surface area contributed by atoms with E-state index in [1.165, 1.54) is 0 Å². The standard InChI is InChI=1S/C15H14N2O6/c18-12-8-16-15(21)11(17-12)9-22-13(19)6-7-14(20)23-10-4-2-1-3-5-10/h1-7,11H,8-9H2,(H,16,21)(H,17,18)/b7-6+/t11-/m0/s1. The molecule has 1 aliphatic rings. The van der Waals surface area contributed by atoms with Gasteiger partial charge in [0.15, 0.2) is 0 Å². The minimum absolute atomic E-state index is 0.103. The number of carbonyl (C=O) groups excluding carboxylic acids is 4. The van der Waals surface area contributed by atoms with E-state index in [1.54, 1.807) is 30.3 Å². The van der Waals surface area contributed by atoms with Crippen molar-refractivity contribution >= 4 is 23.8 Å². The van der Waals surface area contributed by atoms with Crippen molar-refractivity contribution in [3.05, 3.63) is 42.5 Å². The second-order valence-electron chi connectivity index (χ2n) is 4.54. The SMILES string of the molecule is O=C1CNC(=O)[C@H](COC(=O)/C=C/C(=O)Oc2ccccc2)N1. The summed E-state index contributed by atoms with van der Waals surface area (Å²) in [5.74, 6) is -2.03. The van der Waals surface area contributed by atoms with Gasteiger partial charge in [-0.05, 0) is 12.1 Å². The molecule has 0 aromatic heterocycles. The number of piperazine rings is 1. The van der Waals surface area contributed by atoms with Crippen LogP contribution in [0.4, 0.5) is 0 Å². The summed E-state index contributed by atoms with van der Waals surface area (Å²) in [6, 6.07) is 7.41. The molecule has 0 saturated carbocycles. The Bertz CT molecular complexity index is 641. The van der Waals surface area contributed by atoms with Crippen LogP contribution in [0.3, 0.4) is 0 Å². The van der Waals surface area contributed by atoms with Crippen LogP contribution in [0.1, 0.15) is 0 Å². The number of hydrogen-bond donors (Lipinski definition) is 2. The van der Waals surface area contributed by atoms with E-state index in [1.807, 2.05) is 0 Å². The molecule has 0 spiro atoms. The molecule has 1 atom stereocenters. The van der Waals surface area contributed by atoms with Gasteiger partial charge in [-0.15, -0.1) is 0 Å². The number of rotatable bonds is 5. The first-order chi connectivity index (χ1) is 11.0. The molecular formula is C15H14N2O6. The topological polar surface area (TPSA) is 111 Å². The van der Waals surface area contributed by atoms with Crippen LogP contribution >= 0.6 is 0 Å². The number of benzene rings is 1. The first-order valence-corrected chi connectivity index (χ1v) is 6.73. The summed E-state index contributed by atoms with van der Waals surface area (Å²) in [7, 11) is 0. The van der Waals surface area contributed by atoms with Gasteiger partial charge in [-0.2, -0.15) is 0 Å². The van der Waals surface area contributed by atoms with Crippen LogP contribution in [-0.4, -0.2) is 42.9 Å². The summed E-state index contributed by atoms with van der Waals surface area (Å²) in [4.78, 5) is 45.5. The molecule has 1 aliphatic heterocycles. The van der Waals surface area contributed by atoms with Gasteiger partial charge >= 0.3 is 11.9 Å². The quantitative estimate of drug-likeness (QED) is 0.422. The smallest absolute Gasteiger partial charge is 0.336 e. The van der Waals surface area contributed by atoms with E-state index in [9.17, 15) is 19.2 Å². The average molecular weight is 318 g/mol. The Morgan fingerprint density at radius 2 is 1.83 bits per heavy atom. The highest BCUT2D eigenvalue weighted by atomic mass is 16.5. The van der Waals surface area contributed by atoms with E-state index >= 15 is 0 Å². The van der Waals surface area contributed by atoms with Crippen LogP contribution < -0.4 is 15.4 Å². The van der Waals surface area contributed by atoms with Crippen LogP contribution in [0.15, 0.2) is 42.5 Å². The number of carbonyl (C=O) groups is 4. The second kappa shape index (κ2) is 7.74. The summed E-state index contributed by atoms with van der Waals surface area (Å²) in [6.45, 7) is -0.428. The first-order valence-electron chi connectivity index (χ1n) is 6.73. The maximum Gasteiger partial charge on any atom is 0.336 e. The predicted octanol–water partition coefficient (Wildman–Crippen LogP) is -0.694. The molecule has 1 aromatic carbocycles. The lowest BCUT2D eigenvalue weighted by molar-refractivity contribution is -0.143. The highest BCUT2D eigenvalue weighted by Crippen LogP contribution is 2.08. The van der Waals surface area contributed by atoms with E-state index in [0.717, 1.165) is 12.2 Å². The highest BCUT2D eigenvalue weighted by Gasteiger charge is 2.26. The summed E-state index contributed by atoms with van der Waals surface area (Å²) in [5, 5.41) is 4.72. The normalized spacial score (nSPS) is 17.3. The van der Waals surface area contributed by atoms with E-state index < -0.39 is 23.9 Å². The minimum Gasteiger partial charge on any atom is -0.460 e. The van der Waals surface area contributed by atoms with Crippen molar-refractivity contribution in [2.24, 2.45) is 0 Å². The van der Waals surface area contributed by atoms with Crippen LogP contribution in [0, 0.1) is 0 Å². The van der Waals surface area contributed by atoms with Crippen molar-refractivity contribution in [1.29, 1.82) is 0 Å². The van der Waals surface area contributed by atoms with Gasteiger partial charge in [-0.25, -0.2) is 9.59 Å². The van der Waals surface area contributed by atoms with E-state index in [2.05, 4.69) is 10.6 Å². The van der Waals surface area contributed by atoms with Crippen molar-refractivity contribution in [1.82, 2.24) is 10.6 Å². The highest BCUT2D eigenvalue weighted by molar-refractivity contribution is 5.95. The van der Waals surface area contributed by atoms with Crippen LogP contribution in [0.5, 0.6) is 5.75 Å². The van der Waals surface area contributed by atoms with Crippen molar-refractivity contribution in [3.8, 4) is 5.75 Å². The fourth-order valence-corrected chi connectivity index (χ4v) is 1.71. The van der Waals surface area contributed by atoms with Gasteiger partial charge in [-0.1, -0.05) is 18.2 Å². The maximum absolute atomic E-state index is 11.5. The lowest BCUT2D eigenvalue weighted by atomic mass is 10.2.